The van der Waals surface area contributed by atoms with Crippen molar-refractivity contribution < 1.29 is 19.2 Å². The maximum Gasteiger partial charge on any atom is 0.421 e. The average molecular weight is 284 g/mol. The van der Waals surface area contributed by atoms with Gasteiger partial charge in [-0.2, -0.15) is 5.06 Å². The Kier molecular flexibility index (Phi) is 4.78. The van der Waals surface area contributed by atoms with Crippen molar-refractivity contribution in [3.05, 3.63) is 0 Å². The predicted octanol–water partition coefficient (Wildman–Crippen LogP) is 1.35. The number of hydroxylamine groups is 2. The summed E-state index contributed by atoms with van der Waals surface area (Å²) in [6, 6.07) is -0.221. The van der Waals surface area contributed by atoms with Gasteiger partial charge < -0.3 is 9.74 Å². The van der Waals surface area contributed by atoms with Crippen molar-refractivity contribution in [3.8, 4) is 0 Å². The van der Waals surface area contributed by atoms with Gasteiger partial charge in [0.05, 0.1) is 6.54 Å². The molecule has 0 unspecified atom stereocenters. The third-order valence-electron chi connectivity index (χ3n) is 3.19. The van der Waals surface area contributed by atoms with E-state index in [1.165, 1.54) is 4.90 Å². The van der Waals surface area contributed by atoms with Gasteiger partial charge in [0, 0.05) is 18.5 Å². The molecule has 0 radical (unpaired) electrons. The lowest BCUT2D eigenvalue weighted by Crippen LogP contribution is -2.47. The summed E-state index contributed by atoms with van der Waals surface area (Å²) in [7, 11) is 0. The smallest absolute Gasteiger partial charge is 0.328 e. The first-order valence-corrected chi connectivity index (χ1v) is 6.90. The highest BCUT2D eigenvalue weighted by Gasteiger charge is 2.40. The van der Waals surface area contributed by atoms with E-state index in [0.29, 0.717) is 13.0 Å². The lowest BCUT2D eigenvalue weighted by Gasteiger charge is -2.30. The molecule has 6 heteroatoms. The van der Waals surface area contributed by atoms with Gasteiger partial charge in [-0.25, -0.2) is 4.79 Å². The summed E-state index contributed by atoms with van der Waals surface area (Å²) in [5, 5.41) is 0.999. The zero-order chi connectivity index (χ0) is 15.7. The summed E-state index contributed by atoms with van der Waals surface area (Å²) in [5.41, 5.74) is -0.240. The molecule has 114 valence electrons. The van der Waals surface area contributed by atoms with E-state index < -0.39 is 11.9 Å². The number of carbonyl (C=O) groups is 3. The van der Waals surface area contributed by atoms with Crippen LogP contribution in [0.15, 0.2) is 0 Å². The molecule has 0 aromatic heterocycles. The highest BCUT2D eigenvalue weighted by molar-refractivity contribution is 6.32. The Hall–Kier alpha value is -1.59. The zero-order valence-electron chi connectivity index (χ0n) is 13.1. The Labute approximate surface area is 120 Å². The van der Waals surface area contributed by atoms with E-state index >= 15 is 0 Å². The summed E-state index contributed by atoms with van der Waals surface area (Å²) in [6.45, 7) is 11.5. The Morgan fingerprint density at radius 3 is 2.05 bits per heavy atom. The Balaban J connectivity index is 2.72. The molecule has 0 aromatic rings. The van der Waals surface area contributed by atoms with Crippen LogP contribution in [0, 0.1) is 5.41 Å². The lowest BCUT2D eigenvalue weighted by atomic mass is 9.93. The standard InChI is InChI=1S/C14H24N2O4/c1-9(2)16(10(3)4)12(18)13(19)20-15-8-14(5,6)7-11(15)17/h9-10H,7-8H2,1-6H3. The van der Waals surface area contributed by atoms with Gasteiger partial charge in [-0.3, -0.25) is 9.59 Å². The fourth-order valence-corrected chi connectivity index (χ4v) is 2.42. The van der Waals surface area contributed by atoms with Crippen molar-refractivity contribution in [2.24, 2.45) is 5.41 Å². The van der Waals surface area contributed by atoms with Crippen LogP contribution in [-0.2, 0) is 19.2 Å². The normalized spacial score (nSPS) is 17.8. The number of amides is 2. The minimum absolute atomic E-state index is 0.110. The molecule has 0 aromatic carbocycles. The molecule has 1 saturated heterocycles. The van der Waals surface area contributed by atoms with Gasteiger partial charge in [0.15, 0.2) is 0 Å². The van der Waals surface area contributed by atoms with Crippen LogP contribution in [0.2, 0.25) is 0 Å². The van der Waals surface area contributed by atoms with Crippen molar-refractivity contribution in [2.75, 3.05) is 6.54 Å². The summed E-state index contributed by atoms with van der Waals surface area (Å²) < 4.78 is 0. The van der Waals surface area contributed by atoms with Gasteiger partial charge in [-0.15, -0.1) is 0 Å². The number of rotatable bonds is 3. The van der Waals surface area contributed by atoms with Gasteiger partial charge in [0.25, 0.3) is 5.91 Å². The maximum atomic E-state index is 12.1. The topological polar surface area (TPSA) is 66.9 Å². The van der Waals surface area contributed by atoms with Gasteiger partial charge in [0.2, 0.25) is 0 Å². The van der Waals surface area contributed by atoms with Crippen LogP contribution in [0.25, 0.3) is 0 Å². The van der Waals surface area contributed by atoms with E-state index in [0.717, 1.165) is 5.06 Å². The second kappa shape index (κ2) is 5.81. The minimum atomic E-state index is -1.00. The number of nitrogens with zero attached hydrogens (tertiary/aromatic N) is 2. The summed E-state index contributed by atoms with van der Waals surface area (Å²) in [4.78, 5) is 42.1. The van der Waals surface area contributed by atoms with Crippen molar-refractivity contribution >= 4 is 17.8 Å². The van der Waals surface area contributed by atoms with Gasteiger partial charge in [0.1, 0.15) is 0 Å². The number of hydrogen-bond acceptors (Lipinski definition) is 4. The van der Waals surface area contributed by atoms with E-state index in [-0.39, 0.29) is 23.4 Å². The molecule has 1 fully saturated rings. The second-order valence-electron chi connectivity index (χ2n) is 6.55. The first-order chi connectivity index (χ1) is 9.05. The largest absolute Gasteiger partial charge is 0.421 e. The molecule has 1 heterocycles. The van der Waals surface area contributed by atoms with Crippen molar-refractivity contribution in [2.45, 2.75) is 60.0 Å². The molecule has 0 spiro atoms. The van der Waals surface area contributed by atoms with Crippen molar-refractivity contribution in [3.63, 3.8) is 0 Å². The molecule has 0 aliphatic carbocycles. The second-order valence-corrected chi connectivity index (χ2v) is 6.55. The molecule has 2 amide bonds. The Morgan fingerprint density at radius 1 is 1.20 bits per heavy atom. The summed E-state index contributed by atoms with van der Waals surface area (Å²) >= 11 is 0. The lowest BCUT2D eigenvalue weighted by molar-refractivity contribution is -0.198. The van der Waals surface area contributed by atoms with E-state index in [2.05, 4.69) is 0 Å². The van der Waals surface area contributed by atoms with Crippen LogP contribution in [0.4, 0.5) is 0 Å². The van der Waals surface area contributed by atoms with E-state index in [9.17, 15) is 14.4 Å². The van der Waals surface area contributed by atoms with Crippen molar-refractivity contribution in [1.82, 2.24) is 9.96 Å². The maximum absolute atomic E-state index is 12.1. The predicted molar refractivity (Wildman–Crippen MR) is 73.3 cm³/mol. The van der Waals surface area contributed by atoms with Crippen LogP contribution < -0.4 is 0 Å². The van der Waals surface area contributed by atoms with Crippen LogP contribution in [0.3, 0.4) is 0 Å². The van der Waals surface area contributed by atoms with Crippen LogP contribution >= 0.6 is 0 Å². The minimum Gasteiger partial charge on any atom is -0.328 e. The molecule has 0 N–H and O–H groups in total. The SMILES string of the molecule is CC(C)N(C(=O)C(=O)ON1CC(C)(C)CC1=O)C(C)C. The molecule has 20 heavy (non-hydrogen) atoms. The van der Waals surface area contributed by atoms with Gasteiger partial charge >= 0.3 is 11.9 Å². The molecular weight excluding hydrogens is 260 g/mol. The monoisotopic (exact) mass is 284 g/mol. The number of carbonyl (C=O) groups excluding carboxylic acids is 3. The molecule has 1 rings (SSSR count). The Bertz CT molecular complexity index is 407. The zero-order valence-corrected chi connectivity index (χ0v) is 13.1. The highest BCUT2D eigenvalue weighted by Crippen LogP contribution is 2.30. The quantitative estimate of drug-likeness (QED) is 0.734. The summed E-state index contributed by atoms with van der Waals surface area (Å²) in [6.07, 6.45) is 0.312. The first-order valence-electron chi connectivity index (χ1n) is 6.90. The first kappa shape index (κ1) is 16.5. The van der Waals surface area contributed by atoms with Gasteiger partial charge in [-0.1, -0.05) is 13.8 Å². The van der Waals surface area contributed by atoms with Crippen molar-refractivity contribution in [1.29, 1.82) is 0 Å². The molecule has 0 atom stereocenters. The molecule has 1 aliphatic rings. The summed E-state index contributed by atoms with van der Waals surface area (Å²) in [5.74, 6) is -1.98. The average Bonchev–Trinajstić information content (AvgIpc) is 2.50. The van der Waals surface area contributed by atoms with Gasteiger partial charge in [-0.05, 0) is 33.1 Å². The third kappa shape index (κ3) is 3.71. The van der Waals surface area contributed by atoms with Crippen LogP contribution in [-0.4, -0.2) is 46.4 Å². The van der Waals surface area contributed by atoms with E-state index in [1.807, 2.05) is 41.5 Å². The van der Waals surface area contributed by atoms with Crippen LogP contribution in [0.1, 0.15) is 48.0 Å². The fourth-order valence-electron chi connectivity index (χ4n) is 2.42. The molecule has 1 aliphatic heterocycles. The third-order valence-corrected chi connectivity index (χ3v) is 3.19. The van der Waals surface area contributed by atoms with Crippen LogP contribution in [0.5, 0.6) is 0 Å². The fraction of sp³-hybridized carbons (Fsp3) is 0.786. The molecule has 0 saturated carbocycles. The molecular formula is C14H24N2O4. The molecule has 6 nitrogen and oxygen atoms in total. The molecule has 0 bridgehead atoms. The Morgan fingerprint density at radius 2 is 1.70 bits per heavy atom. The van der Waals surface area contributed by atoms with E-state index in [4.69, 9.17) is 4.84 Å². The highest BCUT2D eigenvalue weighted by atomic mass is 16.7. The number of hydrogen-bond donors (Lipinski definition) is 0. The van der Waals surface area contributed by atoms with E-state index in [1.54, 1.807) is 0 Å².